The van der Waals surface area contributed by atoms with Gasteiger partial charge >= 0.3 is 0 Å². The molecule has 2 heterocycles. The first kappa shape index (κ1) is 19.4. The predicted molar refractivity (Wildman–Crippen MR) is 114 cm³/mol. The van der Waals surface area contributed by atoms with Gasteiger partial charge in [0.05, 0.1) is 5.69 Å². The summed E-state index contributed by atoms with van der Waals surface area (Å²) in [6, 6.07) is 17.7. The van der Waals surface area contributed by atoms with E-state index < -0.39 is 0 Å². The second-order valence-corrected chi connectivity index (χ2v) is 7.04. The number of carbonyl (C=O) groups excluding carboxylic acids is 1. The van der Waals surface area contributed by atoms with Gasteiger partial charge in [-0.25, -0.2) is 0 Å². The van der Waals surface area contributed by atoms with Crippen LogP contribution in [0.1, 0.15) is 34.2 Å². The van der Waals surface area contributed by atoms with E-state index in [1.54, 1.807) is 17.1 Å². The van der Waals surface area contributed by atoms with Crippen LogP contribution in [0.2, 0.25) is 0 Å². The molecule has 0 fully saturated rings. The normalized spacial score (nSPS) is 10.7. The maximum Gasteiger partial charge on any atom is 0.251 e. The molecule has 1 amide bonds. The molecule has 2 aromatic carbocycles. The summed E-state index contributed by atoms with van der Waals surface area (Å²) in [6.07, 6.45) is 4.13. The van der Waals surface area contributed by atoms with Gasteiger partial charge in [0.15, 0.2) is 5.82 Å². The Hall–Kier alpha value is -3.87. The minimum Gasteiger partial charge on any atom is -0.348 e. The summed E-state index contributed by atoms with van der Waals surface area (Å²) in [6.45, 7) is 4.45. The Balaban J connectivity index is 1.71. The van der Waals surface area contributed by atoms with Crippen LogP contribution in [-0.2, 0) is 13.0 Å². The number of benzene rings is 2. The Morgan fingerprint density at radius 3 is 2.63 bits per heavy atom. The van der Waals surface area contributed by atoms with Crippen LogP contribution in [-0.4, -0.2) is 31.1 Å². The van der Waals surface area contributed by atoms with Gasteiger partial charge in [-0.15, -0.1) is 5.10 Å². The van der Waals surface area contributed by atoms with E-state index in [9.17, 15) is 4.79 Å². The zero-order chi connectivity index (χ0) is 20.9. The molecule has 4 rings (SSSR count). The highest BCUT2D eigenvalue weighted by molar-refractivity contribution is 5.96. The standard InChI is InChI=1S/C23H22N6O/c1-3-22-26-27-28-29(22)21-12-19(18-8-6-16(2)7-9-18)11-20(13-21)23(30)25-15-17-5-4-10-24-14-17/h4-14H,3,15H2,1-2H3,(H,25,30). The van der Waals surface area contributed by atoms with Crippen LogP contribution in [0, 0.1) is 6.92 Å². The monoisotopic (exact) mass is 398 g/mol. The molecule has 2 aromatic heterocycles. The molecule has 7 heteroatoms. The maximum atomic E-state index is 12.9. The number of hydrogen-bond donors (Lipinski definition) is 1. The van der Waals surface area contributed by atoms with E-state index in [1.807, 2.05) is 56.3 Å². The van der Waals surface area contributed by atoms with Gasteiger partial charge in [0, 0.05) is 30.9 Å². The Bertz CT molecular complexity index is 1150. The van der Waals surface area contributed by atoms with Gasteiger partial charge in [0.25, 0.3) is 5.91 Å². The number of nitrogens with zero attached hydrogens (tertiary/aromatic N) is 5. The summed E-state index contributed by atoms with van der Waals surface area (Å²) >= 11 is 0. The summed E-state index contributed by atoms with van der Waals surface area (Å²) in [5, 5.41) is 14.9. The van der Waals surface area contributed by atoms with Gasteiger partial charge in [-0.3, -0.25) is 9.78 Å². The van der Waals surface area contributed by atoms with Crippen LogP contribution in [0.3, 0.4) is 0 Å². The molecule has 150 valence electrons. The highest BCUT2D eigenvalue weighted by Crippen LogP contribution is 2.25. The minimum atomic E-state index is -0.166. The van der Waals surface area contributed by atoms with Gasteiger partial charge in [0.1, 0.15) is 0 Å². The highest BCUT2D eigenvalue weighted by atomic mass is 16.1. The van der Waals surface area contributed by atoms with Crippen molar-refractivity contribution < 1.29 is 4.79 Å². The number of nitrogens with one attached hydrogen (secondary N) is 1. The number of pyridine rings is 1. The molecule has 0 saturated heterocycles. The molecule has 0 radical (unpaired) electrons. The molecule has 7 nitrogen and oxygen atoms in total. The Morgan fingerprint density at radius 2 is 1.90 bits per heavy atom. The number of aromatic nitrogens is 5. The molecule has 0 unspecified atom stereocenters. The van der Waals surface area contributed by atoms with E-state index in [0.29, 0.717) is 18.5 Å². The van der Waals surface area contributed by atoms with Crippen LogP contribution in [0.4, 0.5) is 0 Å². The molecule has 0 aliphatic heterocycles. The second-order valence-electron chi connectivity index (χ2n) is 7.04. The lowest BCUT2D eigenvalue weighted by Crippen LogP contribution is -2.23. The first-order valence-corrected chi connectivity index (χ1v) is 9.81. The van der Waals surface area contributed by atoms with Crippen molar-refractivity contribution in [3.8, 4) is 16.8 Å². The van der Waals surface area contributed by atoms with Crippen LogP contribution in [0.15, 0.2) is 67.0 Å². The van der Waals surface area contributed by atoms with Crippen molar-refractivity contribution in [1.29, 1.82) is 0 Å². The fraction of sp³-hybridized carbons (Fsp3) is 0.174. The number of tetrazole rings is 1. The molecule has 1 N–H and O–H groups in total. The third-order valence-corrected chi connectivity index (χ3v) is 4.84. The molecule has 0 aliphatic rings. The number of rotatable bonds is 6. The molecule has 30 heavy (non-hydrogen) atoms. The van der Waals surface area contributed by atoms with Crippen molar-refractivity contribution in [1.82, 2.24) is 30.5 Å². The van der Waals surface area contributed by atoms with E-state index >= 15 is 0 Å². The highest BCUT2D eigenvalue weighted by Gasteiger charge is 2.14. The third kappa shape index (κ3) is 4.25. The first-order chi connectivity index (χ1) is 14.6. The van der Waals surface area contributed by atoms with Crippen molar-refractivity contribution in [3.63, 3.8) is 0 Å². The van der Waals surface area contributed by atoms with Crippen LogP contribution in [0.5, 0.6) is 0 Å². The molecule has 0 spiro atoms. The predicted octanol–water partition coefficient (Wildman–Crippen LogP) is 3.53. The van der Waals surface area contributed by atoms with Gasteiger partial charge in [-0.1, -0.05) is 42.8 Å². The lowest BCUT2D eigenvalue weighted by Gasteiger charge is -2.12. The Morgan fingerprint density at radius 1 is 1.07 bits per heavy atom. The lowest BCUT2D eigenvalue weighted by molar-refractivity contribution is 0.0951. The smallest absolute Gasteiger partial charge is 0.251 e. The van der Waals surface area contributed by atoms with Crippen molar-refractivity contribution in [3.05, 3.63) is 89.5 Å². The molecule has 0 saturated carbocycles. The topological polar surface area (TPSA) is 85.6 Å². The van der Waals surface area contributed by atoms with Gasteiger partial charge in [0.2, 0.25) is 0 Å². The number of carbonyl (C=O) groups is 1. The van der Waals surface area contributed by atoms with Crippen LogP contribution >= 0.6 is 0 Å². The van der Waals surface area contributed by atoms with E-state index in [0.717, 1.165) is 28.2 Å². The zero-order valence-corrected chi connectivity index (χ0v) is 16.9. The summed E-state index contributed by atoms with van der Waals surface area (Å²) in [5.74, 6) is 0.568. The molecule has 0 aliphatic carbocycles. The summed E-state index contributed by atoms with van der Waals surface area (Å²) < 4.78 is 1.68. The molecular weight excluding hydrogens is 376 g/mol. The fourth-order valence-electron chi connectivity index (χ4n) is 3.19. The maximum absolute atomic E-state index is 12.9. The number of amides is 1. The van der Waals surface area contributed by atoms with Crippen LogP contribution < -0.4 is 5.32 Å². The summed E-state index contributed by atoms with van der Waals surface area (Å²) in [5.41, 5.74) is 5.37. The van der Waals surface area contributed by atoms with Gasteiger partial charge < -0.3 is 5.32 Å². The largest absolute Gasteiger partial charge is 0.348 e. The molecule has 0 bridgehead atoms. The van der Waals surface area contributed by atoms with E-state index in [1.165, 1.54) is 5.56 Å². The second kappa shape index (κ2) is 8.65. The third-order valence-electron chi connectivity index (χ3n) is 4.84. The quantitative estimate of drug-likeness (QED) is 0.537. The number of hydrogen-bond acceptors (Lipinski definition) is 5. The first-order valence-electron chi connectivity index (χ1n) is 9.81. The van der Waals surface area contributed by atoms with Crippen molar-refractivity contribution in [2.45, 2.75) is 26.8 Å². The molecular formula is C23H22N6O. The average molecular weight is 398 g/mol. The van der Waals surface area contributed by atoms with Crippen molar-refractivity contribution >= 4 is 5.91 Å². The van der Waals surface area contributed by atoms with Gasteiger partial charge in [-0.05, 0) is 58.3 Å². The van der Waals surface area contributed by atoms with Crippen molar-refractivity contribution in [2.75, 3.05) is 0 Å². The summed E-state index contributed by atoms with van der Waals surface area (Å²) in [7, 11) is 0. The van der Waals surface area contributed by atoms with Crippen LogP contribution in [0.25, 0.3) is 16.8 Å². The van der Waals surface area contributed by atoms with Crippen molar-refractivity contribution in [2.24, 2.45) is 0 Å². The molecule has 0 atom stereocenters. The zero-order valence-electron chi connectivity index (χ0n) is 16.9. The number of aryl methyl sites for hydroxylation is 2. The van der Waals surface area contributed by atoms with E-state index in [2.05, 4.69) is 38.0 Å². The van der Waals surface area contributed by atoms with E-state index in [-0.39, 0.29) is 5.91 Å². The van der Waals surface area contributed by atoms with E-state index in [4.69, 9.17) is 0 Å². The lowest BCUT2D eigenvalue weighted by atomic mass is 10.0. The summed E-state index contributed by atoms with van der Waals surface area (Å²) in [4.78, 5) is 17.0. The Labute approximate surface area is 174 Å². The average Bonchev–Trinajstić information content (AvgIpc) is 3.27. The fourth-order valence-corrected chi connectivity index (χ4v) is 3.19. The molecule has 4 aromatic rings. The SMILES string of the molecule is CCc1nnnn1-c1cc(C(=O)NCc2cccnc2)cc(-c2ccc(C)cc2)c1. The Kier molecular flexibility index (Phi) is 5.61. The van der Waals surface area contributed by atoms with Gasteiger partial charge in [-0.2, -0.15) is 4.68 Å². The minimum absolute atomic E-state index is 0.166.